The van der Waals surface area contributed by atoms with Gasteiger partial charge in [0.2, 0.25) is 0 Å². The summed E-state index contributed by atoms with van der Waals surface area (Å²) in [7, 11) is 0. The third kappa shape index (κ3) is 11.4. The molecule has 0 aromatic heterocycles. The lowest BCUT2D eigenvalue weighted by molar-refractivity contribution is -0.118. The Morgan fingerprint density at radius 3 is 2.55 bits per heavy atom. The summed E-state index contributed by atoms with van der Waals surface area (Å²) in [5.74, 6) is 2.77. The lowest BCUT2D eigenvalue weighted by Crippen LogP contribution is -2.22. The number of allylic oxidation sites excluding steroid dienone is 8. The lowest BCUT2D eigenvalue weighted by atomic mass is 9.85. The van der Waals surface area contributed by atoms with Crippen molar-refractivity contribution in [3.8, 4) is 0 Å². The molecular weight excluding hydrogens is 466 g/mol. The number of ketones is 1. The largest absolute Gasteiger partial charge is 0.493 e. The first-order valence-electron chi connectivity index (χ1n) is 15.8. The Morgan fingerprint density at radius 2 is 1.84 bits per heavy atom. The summed E-state index contributed by atoms with van der Waals surface area (Å²) in [4.78, 5) is 12.2. The van der Waals surface area contributed by atoms with Crippen LogP contribution >= 0.6 is 0 Å². The summed E-state index contributed by atoms with van der Waals surface area (Å²) in [5.41, 5.74) is 6.81. The first kappa shape index (κ1) is 32.2. The maximum Gasteiger partial charge on any atom is 0.151 e. The molecule has 3 nitrogen and oxygen atoms in total. The highest BCUT2D eigenvalue weighted by molar-refractivity contribution is 5.80. The Bertz CT molecular complexity index is 884. The molecule has 0 aromatic rings. The maximum absolute atomic E-state index is 12.2. The Morgan fingerprint density at radius 1 is 1.05 bits per heavy atom. The monoisotopic (exact) mass is 523 g/mol. The van der Waals surface area contributed by atoms with E-state index in [1.54, 1.807) is 5.57 Å². The Hall–Kier alpha value is -2.03. The minimum atomic E-state index is 0.288. The van der Waals surface area contributed by atoms with E-state index in [4.69, 9.17) is 4.74 Å². The van der Waals surface area contributed by atoms with E-state index >= 15 is 0 Å². The highest BCUT2D eigenvalue weighted by atomic mass is 16.5. The summed E-state index contributed by atoms with van der Waals surface area (Å²) in [6, 6.07) is 0. The van der Waals surface area contributed by atoms with Gasteiger partial charge >= 0.3 is 0 Å². The van der Waals surface area contributed by atoms with Crippen molar-refractivity contribution in [1.29, 1.82) is 0 Å². The van der Waals surface area contributed by atoms with Crippen LogP contribution in [0.5, 0.6) is 0 Å². The van der Waals surface area contributed by atoms with Gasteiger partial charge in [0.05, 0.1) is 13.2 Å². The normalized spacial score (nSPS) is 27.0. The molecule has 0 spiro atoms. The van der Waals surface area contributed by atoms with Gasteiger partial charge in [-0.2, -0.15) is 0 Å². The quantitative estimate of drug-likeness (QED) is 0.182. The van der Waals surface area contributed by atoms with Gasteiger partial charge in [0, 0.05) is 17.7 Å². The zero-order valence-corrected chi connectivity index (χ0v) is 25.6. The van der Waals surface area contributed by atoms with Crippen LogP contribution in [0, 0.1) is 11.8 Å². The predicted octanol–water partition coefficient (Wildman–Crippen LogP) is 9.92. The second-order valence-electron chi connectivity index (χ2n) is 11.7. The fourth-order valence-corrected chi connectivity index (χ4v) is 5.53. The van der Waals surface area contributed by atoms with E-state index in [9.17, 15) is 4.79 Å². The zero-order chi connectivity index (χ0) is 27.8. The van der Waals surface area contributed by atoms with Gasteiger partial charge in [-0.25, -0.2) is 0 Å². The van der Waals surface area contributed by atoms with Gasteiger partial charge in [-0.1, -0.05) is 64.8 Å². The molecule has 1 atom stereocenters. The van der Waals surface area contributed by atoms with Crippen LogP contribution in [0.25, 0.3) is 0 Å². The maximum atomic E-state index is 12.2. The van der Waals surface area contributed by atoms with Gasteiger partial charge in [0.25, 0.3) is 0 Å². The molecule has 2 aliphatic rings. The zero-order valence-electron chi connectivity index (χ0n) is 25.6. The van der Waals surface area contributed by atoms with E-state index in [1.807, 2.05) is 0 Å². The van der Waals surface area contributed by atoms with Crippen molar-refractivity contribution >= 4 is 5.78 Å². The predicted molar refractivity (Wildman–Crippen MR) is 164 cm³/mol. The molecule has 1 unspecified atom stereocenters. The highest BCUT2D eigenvalue weighted by Gasteiger charge is 2.20. The van der Waals surface area contributed by atoms with Crippen LogP contribution in [-0.4, -0.2) is 18.9 Å². The molecule has 0 bridgehead atoms. The molecule has 2 aliphatic carbocycles. The summed E-state index contributed by atoms with van der Waals surface area (Å²) >= 11 is 0. The van der Waals surface area contributed by atoms with Crippen LogP contribution in [0.4, 0.5) is 0 Å². The van der Waals surface area contributed by atoms with E-state index in [0.717, 1.165) is 81.8 Å². The number of carbonyl (C=O) groups is 1. The van der Waals surface area contributed by atoms with Gasteiger partial charge in [-0.05, 0) is 113 Å². The van der Waals surface area contributed by atoms with E-state index in [1.165, 1.54) is 42.4 Å². The second kappa shape index (κ2) is 18.3. The van der Waals surface area contributed by atoms with Crippen LogP contribution in [0.3, 0.4) is 0 Å². The minimum Gasteiger partial charge on any atom is -0.493 e. The Kier molecular flexibility index (Phi) is 15.5. The molecule has 2 rings (SSSR count). The summed E-state index contributed by atoms with van der Waals surface area (Å²) in [6.45, 7) is 14.7. The van der Waals surface area contributed by atoms with Crippen LogP contribution in [0.1, 0.15) is 131 Å². The van der Waals surface area contributed by atoms with Gasteiger partial charge in [-0.3, -0.25) is 4.79 Å². The highest BCUT2D eigenvalue weighted by Crippen LogP contribution is 2.35. The average molecular weight is 524 g/mol. The summed E-state index contributed by atoms with van der Waals surface area (Å²) in [5, 5.41) is 3.46. The third-order valence-electron chi connectivity index (χ3n) is 7.88. The molecule has 3 heteroatoms. The number of unbranched alkanes of at least 4 members (excludes halogenated alkanes) is 1. The molecule has 38 heavy (non-hydrogen) atoms. The summed E-state index contributed by atoms with van der Waals surface area (Å²) in [6.07, 6.45) is 24.9. The number of nitrogens with one attached hydrogen (secondary N) is 1. The molecular formula is C35H57NO2. The molecule has 0 aliphatic heterocycles. The standard InChI is InChI=1S/C35H57NO2/c1-7-10-24-38-35-28(6)25-32(36-26-33(37)15-8-2)18-13-14-19-34(35)31-17-12-11-16-30(21-20-27(4)5)29(9-3)22-23-31/h16-17,19,25,27,29,36H,7-15,18,20-24,26H2,1-6H3/b30-16-,31-17+,32-25+,34-19+,35-28+. The van der Waals surface area contributed by atoms with Crippen LogP contribution in [-0.2, 0) is 9.53 Å². The number of hydrogen-bond acceptors (Lipinski definition) is 3. The van der Waals surface area contributed by atoms with Crippen molar-refractivity contribution in [2.75, 3.05) is 13.2 Å². The van der Waals surface area contributed by atoms with Crippen molar-refractivity contribution in [3.05, 3.63) is 58.1 Å². The van der Waals surface area contributed by atoms with E-state index in [-0.39, 0.29) is 5.78 Å². The molecule has 0 heterocycles. The number of rotatable bonds is 14. The first-order chi connectivity index (χ1) is 18.4. The van der Waals surface area contributed by atoms with Gasteiger partial charge in [-0.15, -0.1) is 0 Å². The first-order valence-corrected chi connectivity index (χ1v) is 15.8. The van der Waals surface area contributed by atoms with Crippen molar-refractivity contribution in [2.45, 2.75) is 131 Å². The SMILES string of the molecule is CCCCOC1=C(C)/C=C(/NCC(=O)CCC)CCC\C=C\1C1=C/CC/C=C(/CCC(C)C)C(CC)CC\1. The fraction of sp³-hybridized carbons (Fsp3) is 0.686. The van der Waals surface area contributed by atoms with Crippen molar-refractivity contribution < 1.29 is 9.53 Å². The Labute approximate surface area is 235 Å². The second-order valence-corrected chi connectivity index (χ2v) is 11.7. The van der Waals surface area contributed by atoms with Crippen LogP contribution in [0.2, 0.25) is 0 Å². The van der Waals surface area contributed by atoms with Crippen molar-refractivity contribution in [1.82, 2.24) is 5.32 Å². The topological polar surface area (TPSA) is 38.3 Å². The van der Waals surface area contributed by atoms with Crippen molar-refractivity contribution in [3.63, 3.8) is 0 Å². The van der Waals surface area contributed by atoms with Crippen molar-refractivity contribution in [2.24, 2.45) is 11.8 Å². The third-order valence-corrected chi connectivity index (χ3v) is 7.88. The molecule has 0 fully saturated rings. The van der Waals surface area contributed by atoms with Gasteiger partial charge < -0.3 is 10.1 Å². The van der Waals surface area contributed by atoms with Crippen LogP contribution < -0.4 is 5.32 Å². The molecule has 0 amide bonds. The molecule has 0 radical (unpaired) electrons. The van der Waals surface area contributed by atoms with Gasteiger partial charge in [0.15, 0.2) is 5.78 Å². The van der Waals surface area contributed by atoms with Gasteiger partial charge in [0.1, 0.15) is 5.76 Å². The lowest BCUT2D eigenvalue weighted by Gasteiger charge is -2.22. The minimum absolute atomic E-state index is 0.288. The molecule has 0 aromatic carbocycles. The number of carbonyl (C=O) groups excluding carboxylic acids is 1. The smallest absolute Gasteiger partial charge is 0.151 e. The Balaban J connectivity index is 2.33. The number of Topliss-reactive ketones (excluding diaryl/α,β-unsaturated/α-hetero) is 1. The molecule has 1 N–H and O–H groups in total. The van der Waals surface area contributed by atoms with E-state index in [2.05, 4.69) is 71.2 Å². The fourth-order valence-electron chi connectivity index (χ4n) is 5.53. The van der Waals surface area contributed by atoms with Crippen LogP contribution in [0.15, 0.2) is 58.1 Å². The average Bonchev–Trinajstić information content (AvgIpc) is 3.03. The van der Waals surface area contributed by atoms with E-state index < -0.39 is 0 Å². The van der Waals surface area contributed by atoms with E-state index in [0.29, 0.717) is 18.9 Å². The molecule has 0 saturated heterocycles. The number of ether oxygens (including phenoxy) is 1. The number of hydrogen-bond donors (Lipinski definition) is 1. The molecule has 214 valence electrons. The summed E-state index contributed by atoms with van der Waals surface area (Å²) < 4.78 is 6.57. The molecule has 0 saturated carbocycles.